The molecule has 0 fully saturated rings. The second-order valence-electron chi connectivity index (χ2n) is 4.63. The van der Waals surface area contributed by atoms with Gasteiger partial charge in [0.1, 0.15) is 5.75 Å². The summed E-state index contributed by atoms with van der Waals surface area (Å²) in [6.45, 7) is 2.07. The lowest BCUT2D eigenvalue weighted by molar-refractivity contribution is 0.414. The first-order valence-electron chi connectivity index (χ1n) is 6.37. The van der Waals surface area contributed by atoms with E-state index in [0.717, 1.165) is 24.8 Å². The van der Waals surface area contributed by atoms with E-state index in [1.807, 2.05) is 12.1 Å². The Balaban J connectivity index is 1.72. The van der Waals surface area contributed by atoms with Crippen molar-refractivity contribution in [3.8, 4) is 5.75 Å². The van der Waals surface area contributed by atoms with Crippen molar-refractivity contribution in [2.24, 2.45) is 5.92 Å². The van der Waals surface area contributed by atoms with Crippen LogP contribution in [0.4, 0.5) is 0 Å². The molecule has 2 heteroatoms. The Morgan fingerprint density at radius 2 is 2.06 bits per heavy atom. The molecule has 0 radical (unpaired) electrons. The first kappa shape index (κ1) is 12.2. The van der Waals surface area contributed by atoms with Crippen molar-refractivity contribution >= 4 is 0 Å². The minimum Gasteiger partial charge on any atom is -0.497 e. The summed E-state index contributed by atoms with van der Waals surface area (Å²) in [7, 11) is 1.70. The lowest BCUT2D eigenvalue weighted by Gasteiger charge is -2.18. The Labute approximate surface area is 104 Å². The Bertz CT molecular complexity index is 356. The van der Waals surface area contributed by atoms with Gasteiger partial charge >= 0.3 is 0 Å². The van der Waals surface area contributed by atoms with Crippen LogP contribution in [0.1, 0.15) is 24.8 Å². The highest BCUT2D eigenvalue weighted by Crippen LogP contribution is 2.17. The quantitative estimate of drug-likeness (QED) is 0.786. The van der Waals surface area contributed by atoms with Gasteiger partial charge in [0.15, 0.2) is 0 Å². The maximum Gasteiger partial charge on any atom is 0.118 e. The van der Waals surface area contributed by atoms with Crippen LogP contribution in [-0.4, -0.2) is 13.7 Å². The zero-order chi connectivity index (χ0) is 11.9. The van der Waals surface area contributed by atoms with Crippen LogP contribution in [0.2, 0.25) is 0 Å². The number of ether oxygens (including phenoxy) is 1. The molecule has 2 nitrogen and oxygen atoms in total. The highest BCUT2D eigenvalue weighted by atomic mass is 16.5. The Kier molecular flexibility index (Phi) is 4.63. The van der Waals surface area contributed by atoms with Gasteiger partial charge in [-0.2, -0.15) is 0 Å². The van der Waals surface area contributed by atoms with Gasteiger partial charge in [-0.25, -0.2) is 0 Å². The summed E-state index contributed by atoms with van der Waals surface area (Å²) < 4.78 is 5.14. The fourth-order valence-electron chi connectivity index (χ4n) is 2.21. The highest BCUT2D eigenvalue weighted by molar-refractivity contribution is 5.26. The van der Waals surface area contributed by atoms with Gasteiger partial charge in [0, 0.05) is 6.54 Å². The normalized spacial score (nSPS) is 19.2. The summed E-state index contributed by atoms with van der Waals surface area (Å²) >= 11 is 0. The molecule has 0 bridgehead atoms. The van der Waals surface area contributed by atoms with Gasteiger partial charge in [-0.05, 0) is 49.4 Å². The van der Waals surface area contributed by atoms with Crippen LogP contribution < -0.4 is 10.1 Å². The molecule has 1 aliphatic rings. The maximum atomic E-state index is 5.14. The molecule has 1 aliphatic carbocycles. The monoisotopic (exact) mass is 231 g/mol. The third-order valence-corrected chi connectivity index (χ3v) is 3.30. The molecule has 17 heavy (non-hydrogen) atoms. The molecular weight excluding hydrogens is 210 g/mol. The molecule has 0 saturated heterocycles. The Hall–Kier alpha value is -1.28. The van der Waals surface area contributed by atoms with Crippen LogP contribution in [0.5, 0.6) is 5.75 Å². The van der Waals surface area contributed by atoms with E-state index in [9.17, 15) is 0 Å². The molecule has 0 heterocycles. The number of hydrogen-bond acceptors (Lipinski definition) is 2. The van der Waals surface area contributed by atoms with Crippen LogP contribution in [0.25, 0.3) is 0 Å². The standard InChI is InChI=1S/C15H21NO/c1-17-15-9-7-14(8-10-15)12-16-11-13-5-3-2-4-6-13/h2-3,7-10,13,16H,4-6,11-12H2,1H3/t13-/m0/s1. The number of rotatable bonds is 5. The summed E-state index contributed by atoms with van der Waals surface area (Å²) in [5.41, 5.74) is 1.32. The van der Waals surface area contributed by atoms with Crippen molar-refractivity contribution in [2.45, 2.75) is 25.8 Å². The zero-order valence-corrected chi connectivity index (χ0v) is 10.5. The van der Waals surface area contributed by atoms with Crippen LogP contribution in [-0.2, 0) is 6.54 Å². The van der Waals surface area contributed by atoms with Gasteiger partial charge in [0.05, 0.1) is 7.11 Å². The summed E-state index contributed by atoms with van der Waals surface area (Å²) in [5, 5.41) is 3.53. The van der Waals surface area contributed by atoms with E-state index in [1.54, 1.807) is 7.11 Å². The predicted octanol–water partition coefficient (Wildman–Crippen LogP) is 3.14. The van der Waals surface area contributed by atoms with Gasteiger partial charge in [0.2, 0.25) is 0 Å². The van der Waals surface area contributed by atoms with Gasteiger partial charge in [0.25, 0.3) is 0 Å². The molecular formula is C15H21NO. The SMILES string of the molecule is COc1ccc(CNC[C@H]2CC=CCC2)cc1. The van der Waals surface area contributed by atoms with Crippen LogP contribution in [0, 0.1) is 5.92 Å². The molecule has 0 amide bonds. The Morgan fingerprint density at radius 1 is 1.24 bits per heavy atom. The molecule has 2 rings (SSSR count). The van der Waals surface area contributed by atoms with Crippen LogP contribution in [0.3, 0.4) is 0 Å². The van der Waals surface area contributed by atoms with E-state index in [2.05, 4.69) is 29.6 Å². The largest absolute Gasteiger partial charge is 0.497 e. The second kappa shape index (κ2) is 6.45. The molecule has 0 spiro atoms. The fourth-order valence-corrected chi connectivity index (χ4v) is 2.21. The minimum absolute atomic E-state index is 0.818. The number of benzene rings is 1. The molecule has 1 N–H and O–H groups in total. The number of nitrogens with one attached hydrogen (secondary N) is 1. The first-order valence-corrected chi connectivity index (χ1v) is 6.37. The summed E-state index contributed by atoms with van der Waals surface area (Å²) in [5.74, 6) is 1.74. The van der Waals surface area contributed by atoms with E-state index in [1.165, 1.54) is 24.8 Å². The molecule has 0 aliphatic heterocycles. The minimum atomic E-state index is 0.818. The van der Waals surface area contributed by atoms with Crippen LogP contribution >= 0.6 is 0 Å². The van der Waals surface area contributed by atoms with Gasteiger partial charge < -0.3 is 10.1 Å². The van der Waals surface area contributed by atoms with Crippen LogP contribution in [0.15, 0.2) is 36.4 Å². The van der Waals surface area contributed by atoms with Crippen molar-refractivity contribution in [1.82, 2.24) is 5.32 Å². The number of methoxy groups -OCH3 is 1. The summed E-state index contributed by atoms with van der Waals surface area (Å²) in [6, 6.07) is 8.26. The van der Waals surface area contributed by atoms with Gasteiger partial charge in [-0.3, -0.25) is 0 Å². The third kappa shape index (κ3) is 3.90. The van der Waals surface area contributed by atoms with Gasteiger partial charge in [-0.15, -0.1) is 0 Å². The van der Waals surface area contributed by atoms with Crippen molar-refractivity contribution in [2.75, 3.05) is 13.7 Å². The summed E-state index contributed by atoms with van der Waals surface area (Å²) in [6.07, 6.45) is 8.40. The highest BCUT2D eigenvalue weighted by Gasteiger charge is 2.08. The van der Waals surface area contributed by atoms with Crippen molar-refractivity contribution < 1.29 is 4.74 Å². The predicted molar refractivity (Wildman–Crippen MR) is 71.2 cm³/mol. The molecule has 0 saturated carbocycles. The Morgan fingerprint density at radius 3 is 2.71 bits per heavy atom. The van der Waals surface area contributed by atoms with E-state index < -0.39 is 0 Å². The van der Waals surface area contributed by atoms with Crippen molar-refractivity contribution in [3.63, 3.8) is 0 Å². The first-order chi connectivity index (χ1) is 8.38. The molecule has 92 valence electrons. The number of hydrogen-bond donors (Lipinski definition) is 1. The average Bonchev–Trinajstić information content (AvgIpc) is 2.41. The molecule has 1 atom stereocenters. The lowest BCUT2D eigenvalue weighted by Crippen LogP contribution is -2.23. The zero-order valence-electron chi connectivity index (χ0n) is 10.5. The molecule has 1 aromatic carbocycles. The molecule has 1 aromatic rings. The summed E-state index contributed by atoms with van der Waals surface area (Å²) in [4.78, 5) is 0. The van der Waals surface area contributed by atoms with Gasteiger partial charge in [-0.1, -0.05) is 24.3 Å². The topological polar surface area (TPSA) is 21.3 Å². The molecule has 0 unspecified atom stereocenters. The van der Waals surface area contributed by atoms with E-state index in [4.69, 9.17) is 4.74 Å². The molecule has 0 aromatic heterocycles. The second-order valence-corrected chi connectivity index (χ2v) is 4.63. The van der Waals surface area contributed by atoms with Crippen molar-refractivity contribution in [3.05, 3.63) is 42.0 Å². The van der Waals surface area contributed by atoms with E-state index >= 15 is 0 Å². The maximum absolute atomic E-state index is 5.14. The lowest BCUT2D eigenvalue weighted by atomic mass is 9.94. The number of allylic oxidation sites excluding steroid dienone is 2. The van der Waals surface area contributed by atoms with E-state index in [0.29, 0.717) is 0 Å². The van der Waals surface area contributed by atoms with E-state index in [-0.39, 0.29) is 0 Å². The third-order valence-electron chi connectivity index (χ3n) is 3.30. The average molecular weight is 231 g/mol. The fraction of sp³-hybridized carbons (Fsp3) is 0.467. The smallest absolute Gasteiger partial charge is 0.118 e. The van der Waals surface area contributed by atoms with Crippen molar-refractivity contribution in [1.29, 1.82) is 0 Å².